The zero-order valence-electron chi connectivity index (χ0n) is 13.2. The number of carboxylic acids is 1. The van der Waals surface area contributed by atoms with Crippen LogP contribution in [0.3, 0.4) is 0 Å². The maximum absolute atomic E-state index is 11.3. The van der Waals surface area contributed by atoms with Crippen molar-refractivity contribution in [1.82, 2.24) is 10.6 Å². The molecule has 1 aliphatic rings. The smallest absolute Gasteiger partial charge is 0.346 e. The van der Waals surface area contributed by atoms with Crippen molar-refractivity contribution >= 4 is 30.4 Å². The van der Waals surface area contributed by atoms with Gasteiger partial charge in [0.05, 0.1) is 18.2 Å². The van der Waals surface area contributed by atoms with Gasteiger partial charge in [-0.1, -0.05) is 0 Å². The summed E-state index contributed by atoms with van der Waals surface area (Å²) in [4.78, 5) is 31.4. The summed E-state index contributed by atoms with van der Waals surface area (Å²) < 4.78 is 5.28. The van der Waals surface area contributed by atoms with Crippen molar-refractivity contribution in [2.45, 2.75) is 55.7 Å². The van der Waals surface area contributed by atoms with Crippen LogP contribution >= 0.6 is 12.6 Å². The van der Waals surface area contributed by atoms with Crippen molar-refractivity contribution in [2.75, 3.05) is 6.54 Å². The van der Waals surface area contributed by atoms with Crippen molar-refractivity contribution < 1.29 is 39.5 Å². The van der Waals surface area contributed by atoms with E-state index in [9.17, 15) is 34.8 Å². The highest BCUT2D eigenvalue weighted by Crippen LogP contribution is 2.34. The third kappa shape index (κ3) is 5.05. The van der Waals surface area contributed by atoms with Gasteiger partial charge in [0.1, 0.15) is 12.2 Å². The maximum Gasteiger partial charge on any atom is 0.346 e. The number of ether oxygens (including phenoxy) is 1. The standard InChI is InChI=1S/C13H22N2O8S/c1-5(16)14-4-8(19)10(20)11-9(15-6(2)17)7(18)3-13(24,23-11)12(21)22/h7-11,18-20,24H,3-4H2,1-2H3,(H,14,16)(H,15,17)(H,21,22)/t7-,8+,9+,10+,11+,13-/m0/s1. The van der Waals surface area contributed by atoms with E-state index in [2.05, 4.69) is 23.3 Å². The Morgan fingerprint density at radius 3 is 2.33 bits per heavy atom. The van der Waals surface area contributed by atoms with Crippen LogP contribution in [0.1, 0.15) is 20.3 Å². The summed E-state index contributed by atoms with van der Waals surface area (Å²) in [6.45, 7) is 2.05. The quantitative estimate of drug-likeness (QED) is 0.248. The van der Waals surface area contributed by atoms with E-state index >= 15 is 0 Å². The Balaban J connectivity index is 3.01. The summed E-state index contributed by atoms with van der Waals surface area (Å²) in [6, 6.07) is -1.16. The van der Waals surface area contributed by atoms with Crippen molar-refractivity contribution in [1.29, 1.82) is 0 Å². The number of amides is 2. The fourth-order valence-electron chi connectivity index (χ4n) is 2.40. The molecule has 6 atom stereocenters. The summed E-state index contributed by atoms with van der Waals surface area (Å²) in [7, 11) is 0. The number of aliphatic carboxylic acids is 1. The topological polar surface area (TPSA) is 165 Å². The highest BCUT2D eigenvalue weighted by molar-refractivity contribution is 7.82. The Bertz CT molecular complexity index is 504. The zero-order valence-corrected chi connectivity index (χ0v) is 14.1. The van der Waals surface area contributed by atoms with E-state index in [0.717, 1.165) is 0 Å². The number of carbonyl (C=O) groups excluding carboxylic acids is 2. The summed E-state index contributed by atoms with van der Waals surface area (Å²) >= 11 is 3.89. The number of nitrogens with one attached hydrogen (secondary N) is 2. The van der Waals surface area contributed by atoms with Crippen LogP contribution in [-0.2, 0) is 19.1 Å². The molecule has 24 heavy (non-hydrogen) atoms. The van der Waals surface area contributed by atoms with E-state index in [1.165, 1.54) is 13.8 Å². The van der Waals surface area contributed by atoms with Gasteiger partial charge in [0.25, 0.3) is 0 Å². The lowest BCUT2D eigenvalue weighted by Crippen LogP contribution is -2.66. The Labute approximate surface area is 143 Å². The Morgan fingerprint density at radius 2 is 1.88 bits per heavy atom. The second-order valence-electron chi connectivity index (χ2n) is 5.66. The summed E-state index contributed by atoms with van der Waals surface area (Å²) in [6.07, 6.45) is -6.51. The molecule has 0 saturated carbocycles. The van der Waals surface area contributed by atoms with Crippen LogP contribution in [0, 0.1) is 0 Å². The molecule has 0 radical (unpaired) electrons. The molecule has 6 N–H and O–H groups in total. The summed E-state index contributed by atoms with van der Waals surface area (Å²) in [5, 5.41) is 44.2. The van der Waals surface area contributed by atoms with E-state index in [-0.39, 0.29) is 6.54 Å². The normalized spacial score (nSPS) is 32.5. The highest BCUT2D eigenvalue weighted by Gasteiger charge is 2.52. The minimum atomic E-state index is -2.10. The van der Waals surface area contributed by atoms with Crippen LogP contribution in [0.4, 0.5) is 0 Å². The van der Waals surface area contributed by atoms with Crippen LogP contribution in [0.5, 0.6) is 0 Å². The van der Waals surface area contributed by atoms with Gasteiger partial charge in [-0.25, -0.2) is 4.79 Å². The van der Waals surface area contributed by atoms with Gasteiger partial charge in [0.2, 0.25) is 16.7 Å². The van der Waals surface area contributed by atoms with Crippen molar-refractivity contribution in [2.24, 2.45) is 0 Å². The van der Waals surface area contributed by atoms with E-state index < -0.39 is 59.6 Å². The Hall–Kier alpha value is -1.40. The molecule has 0 unspecified atom stereocenters. The average molecular weight is 366 g/mol. The van der Waals surface area contributed by atoms with Crippen molar-refractivity contribution in [3.05, 3.63) is 0 Å². The molecule has 11 heteroatoms. The lowest BCUT2D eigenvalue weighted by molar-refractivity contribution is -0.202. The first-order valence-electron chi connectivity index (χ1n) is 7.17. The number of carbonyl (C=O) groups is 3. The van der Waals surface area contributed by atoms with Gasteiger partial charge in [0.15, 0.2) is 0 Å². The molecule has 1 fully saturated rings. The minimum absolute atomic E-state index is 0.327. The second-order valence-corrected chi connectivity index (χ2v) is 6.39. The van der Waals surface area contributed by atoms with E-state index in [1.54, 1.807) is 0 Å². The first-order valence-corrected chi connectivity index (χ1v) is 7.62. The summed E-state index contributed by atoms with van der Waals surface area (Å²) in [5.74, 6) is -2.48. The fraction of sp³-hybridized carbons (Fsp3) is 0.769. The van der Waals surface area contributed by atoms with Gasteiger partial charge in [0, 0.05) is 26.8 Å². The van der Waals surface area contributed by atoms with Gasteiger partial charge in [-0.15, -0.1) is 12.6 Å². The molecule has 0 aromatic carbocycles. The van der Waals surface area contributed by atoms with Gasteiger partial charge < -0.3 is 35.8 Å². The van der Waals surface area contributed by atoms with E-state index in [4.69, 9.17) is 4.74 Å². The van der Waals surface area contributed by atoms with Crippen LogP contribution < -0.4 is 10.6 Å². The predicted molar refractivity (Wildman–Crippen MR) is 83.2 cm³/mol. The fourth-order valence-corrected chi connectivity index (χ4v) is 2.71. The lowest BCUT2D eigenvalue weighted by atomic mass is 9.89. The highest BCUT2D eigenvalue weighted by atomic mass is 32.1. The largest absolute Gasteiger partial charge is 0.478 e. The molecule has 1 rings (SSSR count). The molecular formula is C13H22N2O8S. The molecular weight excluding hydrogens is 344 g/mol. The second kappa shape index (κ2) is 8.12. The Kier molecular flexibility index (Phi) is 6.98. The lowest BCUT2D eigenvalue weighted by Gasteiger charge is -2.45. The zero-order chi connectivity index (χ0) is 18.7. The number of aliphatic hydroxyl groups is 3. The van der Waals surface area contributed by atoms with E-state index in [0.29, 0.717) is 0 Å². The molecule has 0 bridgehead atoms. The number of hydrogen-bond acceptors (Lipinski definition) is 8. The van der Waals surface area contributed by atoms with Crippen molar-refractivity contribution in [3.8, 4) is 0 Å². The first kappa shape index (κ1) is 20.6. The van der Waals surface area contributed by atoms with Gasteiger partial charge in [-0.3, -0.25) is 9.59 Å². The molecule has 2 amide bonds. The summed E-state index contributed by atoms with van der Waals surface area (Å²) in [5.41, 5.74) is 0. The number of hydrogen-bond donors (Lipinski definition) is 7. The van der Waals surface area contributed by atoms with Crippen LogP contribution in [0.15, 0.2) is 0 Å². The third-order valence-electron chi connectivity index (χ3n) is 3.58. The maximum atomic E-state index is 11.3. The van der Waals surface area contributed by atoms with Gasteiger partial charge >= 0.3 is 5.97 Å². The minimum Gasteiger partial charge on any atom is -0.478 e. The molecule has 0 aromatic rings. The van der Waals surface area contributed by atoms with Gasteiger partial charge in [-0.05, 0) is 0 Å². The average Bonchev–Trinajstić information content (AvgIpc) is 2.46. The molecule has 10 nitrogen and oxygen atoms in total. The van der Waals surface area contributed by atoms with E-state index in [1.807, 2.05) is 0 Å². The van der Waals surface area contributed by atoms with Crippen LogP contribution in [0.25, 0.3) is 0 Å². The molecule has 138 valence electrons. The third-order valence-corrected chi connectivity index (χ3v) is 4.06. The molecule has 1 saturated heterocycles. The van der Waals surface area contributed by atoms with Crippen LogP contribution in [-0.4, -0.2) is 80.1 Å². The number of carboxylic acid groups (broad SMARTS) is 1. The molecule has 0 spiro atoms. The molecule has 0 aromatic heterocycles. The Morgan fingerprint density at radius 1 is 1.29 bits per heavy atom. The molecule has 0 aliphatic carbocycles. The SMILES string of the molecule is CC(=O)NC[C@@H](O)[C@@H](O)[C@@H]1O[C@@](S)(C(=O)O)C[C@H](O)[C@H]1NC(C)=O. The predicted octanol–water partition coefficient (Wildman–Crippen LogP) is -2.79. The molecule has 1 aliphatic heterocycles. The first-order chi connectivity index (χ1) is 11.0. The molecule has 1 heterocycles. The van der Waals surface area contributed by atoms with Crippen LogP contribution in [0.2, 0.25) is 0 Å². The monoisotopic (exact) mass is 366 g/mol. The van der Waals surface area contributed by atoms with Gasteiger partial charge in [-0.2, -0.15) is 0 Å². The number of aliphatic hydroxyl groups excluding tert-OH is 3. The number of thiol groups is 1. The number of rotatable bonds is 6. The van der Waals surface area contributed by atoms with Crippen molar-refractivity contribution in [3.63, 3.8) is 0 Å².